The molecule has 2 aliphatic rings. The van der Waals surface area contributed by atoms with E-state index in [4.69, 9.17) is 0 Å². The third-order valence-corrected chi connectivity index (χ3v) is 4.81. The molecule has 2 aromatic carbocycles. The summed E-state index contributed by atoms with van der Waals surface area (Å²) < 4.78 is 0. The summed E-state index contributed by atoms with van der Waals surface area (Å²) in [6.07, 6.45) is 3.13. The van der Waals surface area contributed by atoms with Gasteiger partial charge in [0.05, 0.1) is 0 Å². The molecule has 1 saturated heterocycles. The summed E-state index contributed by atoms with van der Waals surface area (Å²) in [6.45, 7) is 0.787. The van der Waals surface area contributed by atoms with Crippen LogP contribution in [-0.2, 0) is 17.6 Å². The van der Waals surface area contributed by atoms with E-state index in [9.17, 15) is 4.79 Å². The zero-order valence-corrected chi connectivity index (χ0v) is 12.5. The van der Waals surface area contributed by atoms with Crippen molar-refractivity contribution >= 4 is 11.6 Å². The normalized spacial score (nSPS) is 22.5. The molecule has 1 amide bonds. The first-order valence-electron chi connectivity index (χ1n) is 8.02. The Morgan fingerprint density at radius 2 is 1.82 bits per heavy atom. The second-order valence-corrected chi connectivity index (χ2v) is 6.22. The van der Waals surface area contributed by atoms with Gasteiger partial charge in [0.2, 0.25) is 5.91 Å². The molecule has 3 nitrogen and oxygen atoms in total. The predicted molar refractivity (Wildman–Crippen MR) is 88.1 cm³/mol. The summed E-state index contributed by atoms with van der Waals surface area (Å²) in [6, 6.07) is 17.1. The molecule has 2 N–H and O–H groups in total. The molecule has 2 heterocycles. The molecule has 2 unspecified atom stereocenters. The van der Waals surface area contributed by atoms with Crippen molar-refractivity contribution in [2.45, 2.75) is 31.2 Å². The van der Waals surface area contributed by atoms with Crippen molar-refractivity contribution in [1.82, 2.24) is 5.32 Å². The number of hydrogen-bond acceptors (Lipinski definition) is 2. The number of benzene rings is 2. The summed E-state index contributed by atoms with van der Waals surface area (Å²) in [5, 5.41) is 6.32. The number of fused-ring (bicyclic) bond motifs is 3. The Bertz CT molecular complexity index is 696. The van der Waals surface area contributed by atoms with Crippen LogP contribution in [-0.4, -0.2) is 18.5 Å². The van der Waals surface area contributed by atoms with E-state index in [1.165, 1.54) is 16.7 Å². The van der Waals surface area contributed by atoms with Crippen molar-refractivity contribution in [3.05, 3.63) is 65.2 Å². The molecule has 0 aromatic heterocycles. The van der Waals surface area contributed by atoms with Gasteiger partial charge in [0, 0.05) is 18.2 Å². The largest absolute Gasteiger partial charge is 0.373 e. The third-order valence-electron chi connectivity index (χ3n) is 4.81. The van der Waals surface area contributed by atoms with Crippen molar-refractivity contribution in [3.63, 3.8) is 0 Å². The average molecular weight is 292 g/mol. The highest BCUT2D eigenvalue weighted by atomic mass is 16.2. The van der Waals surface area contributed by atoms with Crippen LogP contribution in [0.25, 0.3) is 0 Å². The van der Waals surface area contributed by atoms with Gasteiger partial charge in [0.1, 0.15) is 6.04 Å². The molecule has 0 saturated carbocycles. The van der Waals surface area contributed by atoms with E-state index in [1.807, 2.05) is 0 Å². The number of carbonyl (C=O) groups excluding carboxylic acids is 1. The number of aryl methyl sites for hydroxylation is 2. The SMILES string of the molecule is O=C1NCCC2c3cc(CCc4ccccc4)ccc3NC12. The molecule has 2 aromatic rings. The van der Waals surface area contributed by atoms with Gasteiger partial charge in [-0.2, -0.15) is 0 Å². The Labute approximate surface area is 130 Å². The Morgan fingerprint density at radius 3 is 2.68 bits per heavy atom. The summed E-state index contributed by atoms with van der Waals surface area (Å²) in [5.41, 5.74) is 5.19. The number of amides is 1. The lowest BCUT2D eigenvalue weighted by molar-refractivity contribution is -0.123. The van der Waals surface area contributed by atoms with Crippen LogP contribution in [0.2, 0.25) is 0 Å². The molecule has 0 radical (unpaired) electrons. The van der Waals surface area contributed by atoms with Crippen LogP contribution < -0.4 is 10.6 Å². The molecule has 3 heteroatoms. The van der Waals surface area contributed by atoms with Gasteiger partial charge in [-0.15, -0.1) is 0 Å². The van der Waals surface area contributed by atoms with Crippen molar-refractivity contribution in [1.29, 1.82) is 0 Å². The fraction of sp³-hybridized carbons (Fsp3) is 0.316. The van der Waals surface area contributed by atoms with Gasteiger partial charge in [-0.25, -0.2) is 0 Å². The number of carbonyl (C=O) groups is 1. The van der Waals surface area contributed by atoms with Gasteiger partial charge in [-0.1, -0.05) is 42.5 Å². The van der Waals surface area contributed by atoms with Crippen molar-refractivity contribution < 1.29 is 4.79 Å². The molecule has 112 valence electrons. The first kappa shape index (κ1) is 13.4. The topological polar surface area (TPSA) is 41.1 Å². The van der Waals surface area contributed by atoms with Crippen LogP contribution in [0.15, 0.2) is 48.5 Å². The van der Waals surface area contributed by atoms with Gasteiger partial charge in [-0.05, 0) is 42.0 Å². The maximum atomic E-state index is 12.0. The van der Waals surface area contributed by atoms with E-state index in [0.29, 0.717) is 5.92 Å². The molecule has 2 aliphatic heterocycles. The van der Waals surface area contributed by atoms with Crippen molar-refractivity contribution in [2.75, 3.05) is 11.9 Å². The van der Waals surface area contributed by atoms with E-state index in [0.717, 1.165) is 31.5 Å². The maximum Gasteiger partial charge on any atom is 0.243 e. The summed E-state index contributed by atoms with van der Waals surface area (Å²) >= 11 is 0. The number of nitrogens with one attached hydrogen (secondary N) is 2. The summed E-state index contributed by atoms with van der Waals surface area (Å²) in [4.78, 5) is 12.0. The molecular formula is C19H20N2O. The first-order valence-corrected chi connectivity index (χ1v) is 8.02. The van der Waals surface area contributed by atoms with Gasteiger partial charge in [0.15, 0.2) is 0 Å². The van der Waals surface area contributed by atoms with Crippen LogP contribution in [0.1, 0.15) is 29.0 Å². The number of piperidine rings is 1. The molecule has 2 atom stereocenters. The van der Waals surface area contributed by atoms with E-state index >= 15 is 0 Å². The first-order chi connectivity index (χ1) is 10.8. The van der Waals surface area contributed by atoms with E-state index in [-0.39, 0.29) is 11.9 Å². The molecule has 0 spiro atoms. The van der Waals surface area contributed by atoms with E-state index in [1.54, 1.807) is 0 Å². The molecule has 4 rings (SSSR count). The smallest absolute Gasteiger partial charge is 0.243 e. The predicted octanol–water partition coefficient (Wildman–Crippen LogP) is 2.87. The number of rotatable bonds is 3. The molecular weight excluding hydrogens is 272 g/mol. The minimum Gasteiger partial charge on any atom is -0.373 e. The Morgan fingerprint density at radius 1 is 1.00 bits per heavy atom. The second-order valence-electron chi connectivity index (χ2n) is 6.22. The Hall–Kier alpha value is -2.29. The molecule has 0 bridgehead atoms. The van der Waals surface area contributed by atoms with Crippen LogP contribution >= 0.6 is 0 Å². The van der Waals surface area contributed by atoms with Gasteiger partial charge in [0.25, 0.3) is 0 Å². The van der Waals surface area contributed by atoms with Crippen LogP contribution in [0.5, 0.6) is 0 Å². The Kier molecular flexibility index (Phi) is 3.34. The molecule has 1 fully saturated rings. The third kappa shape index (κ3) is 2.37. The standard InChI is InChI=1S/C19H20N2O/c22-19-18-15(10-11-20-19)16-12-14(8-9-17(16)21-18)7-6-13-4-2-1-3-5-13/h1-5,8-9,12,15,18,21H,6-7,10-11H2,(H,20,22). The fourth-order valence-electron chi connectivity index (χ4n) is 3.62. The number of hydrogen-bond donors (Lipinski definition) is 2. The van der Waals surface area contributed by atoms with Gasteiger partial charge >= 0.3 is 0 Å². The Balaban J connectivity index is 1.53. The maximum absolute atomic E-state index is 12.0. The second kappa shape index (κ2) is 5.48. The average Bonchev–Trinajstić information content (AvgIpc) is 2.94. The lowest BCUT2D eigenvalue weighted by atomic mass is 9.87. The minimum absolute atomic E-state index is 0.0758. The van der Waals surface area contributed by atoms with E-state index in [2.05, 4.69) is 59.2 Å². The molecule has 22 heavy (non-hydrogen) atoms. The summed E-state index contributed by atoms with van der Waals surface area (Å²) in [5.74, 6) is 0.471. The minimum atomic E-state index is -0.0758. The lowest BCUT2D eigenvalue weighted by Gasteiger charge is -2.25. The van der Waals surface area contributed by atoms with Crippen molar-refractivity contribution in [2.24, 2.45) is 0 Å². The lowest BCUT2D eigenvalue weighted by Crippen LogP contribution is -2.46. The van der Waals surface area contributed by atoms with Crippen molar-refractivity contribution in [3.8, 4) is 0 Å². The number of anilines is 1. The zero-order chi connectivity index (χ0) is 14.9. The van der Waals surface area contributed by atoms with E-state index < -0.39 is 0 Å². The van der Waals surface area contributed by atoms with Gasteiger partial charge in [-0.3, -0.25) is 4.79 Å². The fourth-order valence-corrected chi connectivity index (χ4v) is 3.62. The zero-order valence-electron chi connectivity index (χ0n) is 12.5. The highest BCUT2D eigenvalue weighted by molar-refractivity contribution is 5.89. The monoisotopic (exact) mass is 292 g/mol. The quantitative estimate of drug-likeness (QED) is 0.913. The van der Waals surface area contributed by atoms with Crippen LogP contribution in [0.4, 0.5) is 5.69 Å². The highest BCUT2D eigenvalue weighted by Crippen LogP contribution is 2.40. The van der Waals surface area contributed by atoms with Gasteiger partial charge < -0.3 is 10.6 Å². The van der Waals surface area contributed by atoms with Crippen LogP contribution in [0.3, 0.4) is 0 Å². The molecule has 0 aliphatic carbocycles. The summed E-state index contributed by atoms with van der Waals surface area (Å²) in [7, 11) is 0. The highest BCUT2D eigenvalue weighted by Gasteiger charge is 2.39. The van der Waals surface area contributed by atoms with Crippen LogP contribution in [0, 0.1) is 0 Å².